The van der Waals surface area contributed by atoms with Crippen LogP contribution < -0.4 is 10.6 Å². The summed E-state index contributed by atoms with van der Waals surface area (Å²) in [5.74, 6) is -0.501. The third-order valence-electron chi connectivity index (χ3n) is 4.01. The van der Waals surface area contributed by atoms with Crippen LogP contribution in [0, 0.1) is 0 Å². The van der Waals surface area contributed by atoms with E-state index < -0.39 is 18.7 Å². The van der Waals surface area contributed by atoms with Crippen molar-refractivity contribution in [2.45, 2.75) is 25.8 Å². The molecule has 0 fully saturated rings. The Morgan fingerprint density at radius 2 is 2.20 bits per heavy atom. The highest BCUT2D eigenvalue weighted by Gasteiger charge is 2.29. The molecule has 7 heteroatoms. The number of allylic oxidation sites excluding steroid dienone is 1. The van der Waals surface area contributed by atoms with Crippen molar-refractivity contribution in [1.29, 1.82) is 0 Å². The highest BCUT2D eigenvalue weighted by Crippen LogP contribution is 2.26. The fourth-order valence-corrected chi connectivity index (χ4v) is 4.23. The number of ether oxygens (including phenoxy) is 1. The third kappa shape index (κ3) is 4.16. The molecule has 0 radical (unpaired) electrons. The minimum absolute atomic E-state index is 0.276. The van der Waals surface area contributed by atoms with Crippen LogP contribution in [0.25, 0.3) is 10.1 Å². The van der Waals surface area contributed by atoms with Gasteiger partial charge in [-0.25, -0.2) is 9.18 Å². The number of esters is 1. The summed E-state index contributed by atoms with van der Waals surface area (Å²) < 4.78 is 19.7. The van der Waals surface area contributed by atoms with E-state index in [1.54, 1.807) is 18.3 Å². The monoisotopic (exact) mass is 378 g/mol. The number of hydrogen-bond acceptors (Lipinski definition) is 4. The summed E-state index contributed by atoms with van der Waals surface area (Å²) in [6, 6.07) is 9.67. The average Bonchev–Trinajstić information content (AvgIpc) is 3.00. The van der Waals surface area contributed by atoms with Crippen molar-refractivity contribution in [3.05, 3.63) is 46.5 Å². The molecular formula is C18H19FN2O2S2. The van der Waals surface area contributed by atoms with Gasteiger partial charge in [-0.1, -0.05) is 18.2 Å². The van der Waals surface area contributed by atoms with Gasteiger partial charge in [0.1, 0.15) is 6.67 Å². The van der Waals surface area contributed by atoms with Crippen LogP contribution in [0.2, 0.25) is 0 Å². The average molecular weight is 378 g/mol. The molecule has 2 N–H and O–H groups in total. The summed E-state index contributed by atoms with van der Waals surface area (Å²) in [5, 5.41) is 7.14. The van der Waals surface area contributed by atoms with Crippen LogP contribution in [0.15, 0.2) is 41.6 Å². The van der Waals surface area contributed by atoms with Crippen molar-refractivity contribution in [2.75, 3.05) is 13.3 Å². The van der Waals surface area contributed by atoms with Crippen LogP contribution in [0.5, 0.6) is 0 Å². The Labute approximate surface area is 155 Å². The quantitative estimate of drug-likeness (QED) is 0.458. The molecule has 1 atom stereocenters. The Balaban J connectivity index is 1.53. The molecule has 1 aliphatic heterocycles. The summed E-state index contributed by atoms with van der Waals surface area (Å²) >= 11 is 6.73. The number of thiophene rings is 1. The number of halogens is 1. The molecule has 0 bridgehead atoms. The van der Waals surface area contributed by atoms with Crippen molar-refractivity contribution in [3.8, 4) is 0 Å². The van der Waals surface area contributed by atoms with E-state index in [0.29, 0.717) is 17.4 Å². The molecule has 2 heterocycles. The SMILES string of the molecule is CC1=C(C(=O)OCCCc2cc3ccccc3s2)C(CF)NC(=S)N1. The number of rotatable bonds is 6. The van der Waals surface area contributed by atoms with E-state index in [4.69, 9.17) is 17.0 Å². The normalized spacial score (nSPS) is 17.4. The van der Waals surface area contributed by atoms with E-state index in [-0.39, 0.29) is 5.57 Å². The maximum atomic E-state index is 13.2. The van der Waals surface area contributed by atoms with Gasteiger partial charge in [-0.15, -0.1) is 11.3 Å². The molecule has 1 unspecified atom stereocenters. The van der Waals surface area contributed by atoms with Gasteiger partial charge in [-0.05, 0) is 49.5 Å². The van der Waals surface area contributed by atoms with Crippen molar-refractivity contribution < 1.29 is 13.9 Å². The number of aryl methyl sites for hydroxylation is 1. The number of carbonyl (C=O) groups is 1. The molecule has 0 spiro atoms. The van der Waals surface area contributed by atoms with E-state index in [9.17, 15) is 9.18 Å². The van der Waals surface area contributed by atoms with Crippen LogP contribution in [0.3, 0.4) is 0 Å². The highest BCUT2D eigenvalue weighted by atomic mass is 32.1. The number of fused-ring (bicyclic) bond motifs is 1. The summed E-state index contributed by atoms with van der Waals surface area (Å²) in [4.78, 5) is 13.5. The molecule has 1 aliphatic rings. The Kier molecular flexibility index (Phi) is 5.65. The standard InChI is InChI=1S/C18H19FN2O2S2/c1-11-16(14(10-19)21-18(24)20-11)17(22)23-8-4-6-13-9-12-5-2-3-7-15(12)25-13/h2-3,5,7,9,14H,4,6,8,10H2,1H3,(H2,20,21,24). The van der Waals surface area contributed by atoms with Gasteiger partial charge in [0.25, 0.3) is 0 Å². The molecule has 0 saturated heterocycles. The largest absolute Gasteiger partial charge is 0.462 e. The van der Waals surface area contributed by atoms with Gasteiger partial charge in [0.05, 0.1) is 18.2 Å². The second-order valence-corrected chi connectivity index (χ2v) is 7.41. The molecule has 0 saturated carbocycles. The lowest BCUT2D eigenvalue weighted by Crippen LogP contribution is -2.50. The molecule has 25 heavy (non-hydrogen) atoms. The molecule has 1 aromatic heterocycles. The van der Waals surface area contributed by atoms with E-state index in [1.807, 2.05) is 12.1 Å². The van der Waals surface area contributed by atoms with Gasteiger partial charge in [0, 0.05) is 15.3 Å². The second-order valence-electron chi connectivity index (χ2n) is 5.83. The van der Waals surface area contributed by atoms with Crippen molar-refractivity contribution >= 4 is 44.7 Å². The zero-order chi connectivity index (χ0) is 17.8. The number of hydrogen-bond donors (Lipinski definition) is 2. The van der Waals surface area contributed by atoms with Gasteiger partial charge in [-0.2, -0.15) is 0 Å². The molecule has 1 aromatic carbocycles. The fraction of sp³-hybridized carbons (Fsp3) is 0.333. The third-order valence-corrected chi connectivity index (χ3v) is 5.41. The lowest BCUT2D eigenvalue weighted by Gasteiger charge is -2.27. The maximum absolute atomic E-state index is 13.2. The Bertz CT molecular complexity index is 798. The molecule has 0 aliphatic carbocycles. The Hall–Kier alpha value is -1.99. The first-order valence-electron chi connectivity index (χ1n) is 8.07. The van der Waals surface area contributed by atoms with Crippen LogP contribution >= 0.6 is 23.6 Å². The summed E-state index contributed by atoms with van der Waals surface area (Å²) in [6.07, 6.45) is 1.57. The van der Waals surface area contributed by atoms with Crippen LogP contribution in [-0.4, -0.2) is 30.4 Å². The van der Waals surface area contributed by atoms with Crippen molar-refractivity contribution in [1.82, 2.24) is 10.6 Å². The lowest BCUT2D eigenvalue weighted by atomic mass is 10.0. The van der Waals surface area contributed by atoms with Crippen LogP contribution in [0.1, 0.15) is 18.2 Å². The summed E-state index contributed by atoms with van der Waals surface area (Å²) in [7, 11) is 0. The van der Waals surface area contributed by atoms with Gasteiger partial charge in [0.2, 0.25) is 0 Å². The van der Waals surface area contributed by atoms with Crippen LogP contribution in [0.4, 0.5) is 4.39 Å². The van der Waals surface area contributed by atoms with E-state index in [1.165, 1.54) is 15.0 Å². The van der Waals surface area contributed by atoms with E-state index in [2.05, 4.69) is 28.8 Å². The number of carbonyl (C=O) groups excluding carboxylic acids is 1. The number of benzene rings is 1. The molecule has 0 amide bonds. The minimum atomic E-state index is -0.746. The van der Waals surface area contributed by atoms with Gasteiger partial charge >= 0.3 is 5.97 Å². The van der Waals surface area contributed by atoms with Gasteiger partial charge < -0.3 is 15.4 Å². The van der Waals surface area contributed by atoms with Crippen LogP contribution in [-0.2, 0) is 16.0 Å². The molecule has 4 nitrogen and oxygen atoms in total. The topological polar surface area (TPSA) is 50.4 Å². The highest BCUT2D eigenvalue weighted by molar-refractivity contribution is 7.80. The zero-order valence-electron chi connectivity index (χ0n) is 13.8. The number of nitrogens with one attached hydrogen (secondary N) is 2. The Morgan fingerprint density at radius 3 is 2.96 bits per heavy atom. The van der Waals surface area contributed by atoms with E-state index >= 15 is 0 Å². The Morgan fingerprint density at radius 1 is 1.40 bits per heavy atom. The number of thiocarbonyl (C=S) groups is 1. The first-order valence-corrected chi connectivity index (χ1v) is 9.30. The predicted molar refractivity (Wildman–Crippen MR) is 102 cm³/mol. The van der Waals surface area contributed by atoms with Crippen molar-refractivity contribution in [3.63, 3.8) is 0 Å². The summed E-state index contributed by atoms with van der Waals surface area (Å²) in [6.45, 7) is 1.28. The number of alkyl halides is 1. The molecular weight excluding hydrogens is 359 g/mol. The first-order chi connectivity index (χ1) is 12.1. The molecule has 132 valence electrons. The maximum Gasteiger partial charge on any atom is 0.337 e. The zero-order valence-corrected chi connectivity index (χ0v) is 15.4. The summed E-state index contributed by atoms with van der Waals surface area (Å²) in [5.41, 5.74) is 0.818. The predicted octanol–water partition coefficient (Wildman–Crippen LogP) is 3.47. The minimum Gasteiger partial charge on any atom is -0.462 e. The first kappa shape index (κ1) is 17.8. The van der Waals surface area contributed by atoms with Gasteiger partial charge in [0.15, 0.2) is 5.11 Å². The molecule has 3 rings (SSSR count). The smallest absolute Gasteiger partial charge is 0.337 e. The van der Waals surface area contributed by atoms with Crippen molar-refractivity contribution in [2.24, 2.45) is 0 Å². The van der Waals surface area contributed by atoms with E-state index in [0.717, 1.165) is 12.8 Å². The fourth-order valence-electron chi connectivity index (χ4n) is 2.83. The lowest BCUT2D eigenvalue weighted by molar-refractivity contribution is -0.139. The van der Waals surface area contributed by atoms with Gasteiger partial charge in [-0.3, -0.25) is 0 Å². The molecule has 2 aromatic rings. The second kappa shape index (κ2) is 7.93.